The highest BCUT2D eigenvalue weighted by Crippen LogP contribution is 2.28. The van der Waals surface area contributed by atoms with E-state index in [1.165, 1.54) is 25.9 Å². The third kappa shape index (κ3) is 3.44. The quantitative estimate of drug-likeness (QED) is 0.892. The van der Waals surface area contributed by atoms with Gasteiger partial charge in [0.25, 0.3) is 0 Å². The first-order valence-electron chi connectivity index (χ1n) is 9.14. The molecule has 2 saturated heterocycles. The molecule has 4 rings (SSSR count). The van der Waals surface area contributed by atoms with Crippen molar-refractivity contribution >= 4 is 11.8 Å². The van der Waals surface area contributed by atoms with Crippen molar-refractivity contribution in [2.24, 2.45) is 7.05 Å². The summed E-state index contributed by atoms with van der Waals surface area (Å²) in [5, 5.41) is 8.99. The molecule has 2 fully saturated rings. The Morgan fingerprint density at radius 2 is 2.00 bits per heavy atom. The second kappa shape index (κ2) is 6.95. The molecule has 2 aliphatic heterocycles. The van der Waals surface area contributed by atoms with Crippen LogP contribution in [0.5, 0.6) is 0 Å². The van der Waals surface area contributed by atoms with Gasteiger partial charge < -0.3 is 15.2 Å². The summed E-state index contributed by atoms with van der Waals surface area (Å²) in [5.74, 6) is 3.71. The minimum Gasteiger partial charge on any atom is -0.384 e. The molecule has 4 heterocycles. The highest BCUT2D eigenvalue weighted by molar-refractivity contribution is 5.38. The SMILES string of the molecule is Cn1c(CN2CCCC2)nnc1[C@H]1CCCN(c2nccc(N)n2)C1. The molecule has 0 spiro atoms. The molecule has 0 unspecified atom stereocenters. The van der Waals surface area contributed by atoms with Crippen LogP contribution >= 0.6 is 0 Å². The molecular weight excluding hydrogens is 316 g/mol. The Morgan fingerprint density at radius 3 is 2.80 bits per heavy atom. The van der Waals surface area contributed by atoms with E-state index in [0.717, 1.165) is 44.1 Å². The molecule has 8 heteroatoms. The third-order valence-corrected chi connectivity index (χ3v) is 5.30. The molecule has 0 radical (unpaired) electrons. The van der Waals surface area contributed by atoms with Crippen molar-refractivity contribution in [2.75, 3.05) is 36.8 Å². The van der Waals surface area contributed by atoms with E-state index in [4.69, 9.17) is 5.73 Å². The van der Waals surface area contributed by atoms with Crippen LogP contribution in [0.3, 0.4) is 0 Å². The number of nitrogens with zero attached hydrogens (tertiary/aromatic N) is 7. The summed E-state index contributed by atoms with van der Waals surface area (Å²) in [7, 11) is 2.09. The van der Waals surface area contributed by atoms with Crippen LogP contribution in [0.2, 0.25) is 0 Å². The number of nitrogens with two attached hydrogens (primary N) is 1. The summed E-state index contributed by atoms with van der Waals surface area (Å²) in [6.07, 6.45) is 6.52. The highest BCUT2D eigenvalue weighted by Gasteiger charge is 2.27. The van der Waals surface area contributed by atoms with E-state index in [1.807, 2.05) is 0 Å². The van der Waals surface area contributed by atoms with Gasteiger partial charge in [-0.1, -0.05) is 0 Å². The lowest BCUT2D eigenvalue weighted by Gasteiger charge is -2.32. The lowest BCUT2D eigenvalue weighted by atomic mass is 9.97. The van der Waals surface area contributed by atoms with Crippen LogP contribution in [-0.4, -0.2) is 55.8 Å². The van der Waals surface area contributed by atoms with E-state index in [-0.39, 0.29) is 0 Å². The Hall–Kier alpha value is -2.22. The van der Waals surface area contributed by atoms with Gasteiger partial charge >= 0.3 is 0 Å². The van der Waals surface area contributed by atoms with Crippen LogP contribution in [0.25, 0.3) is 0 Å². The first-order valence-corrected chi connectivity index (χ1v) is 9.14. The van der Waals surface area contributed by atoms with E-state index >= 15 is 0 Å². The molecule has 134 valence electrons. The first kappa shape index (κ1) is 16.3. The van der Waals surface area contributed by atoms with E-state index in [2.05, 4.69) is 41.6 Å². The van der Waals surface area contributed by atoms with Crippen molar-refractivity contribution in [3.05, 3.63) is 23.9 Å². The topological polar surface area (TPSA) is 89.0 Å². The van der Waals surface area contributed by atoms with Crippen molar-refractivity contribution in [1.29, 1.82) is 0 Å². The maximum absolute atomic E-state index is 5.81. The Kier molecular flexibility index (Phi) is 4.52. The van der Waals surface area contributed by atoms with Crippen molar-refractivity contribution < 1.29 is 0 Å². The average molecular weight is 342 g/mol. The summed E-state index contributed by atoms with van der Waals surface area (Å²) >= 11 is 0. The largest absolute Gasteiger partial charge is 0.384 e. The third-order valence-electron chi connectivity index (χ3n) is 5.30. The molecule has 25 heavy (non-hydrogen) atoms. The monoisotopic (exact) mass is 342 g/mol. The molecule has 0 aliphatic carbocycles. The summed E-state index contributed by atoms with van der Waals surface area (Å²) in [5.41, 5.74) is 5.81. The fourth-order valence-electron chi connectivity index (χ4n) is 3.89. The smallest absolute Gasteiger partial charge is 0.227 e. The highest BCUT2D eigenvalue weighted by atomic mass is 15.3. The fraction of sp³-hybridized carbons (Fsp3) is 0.647. The van der Waals surface area contributed by atoms with Crippen LogP contribution in [-0.2, 0) is 13.6 Å². The van der Waals surface area contributed by atoms with Gasteiger partial charge in [-0.05, 0) is 44.8 Å². The zero-order valence-corrected chi connectivity index (χ0v) is 14.8. The van der Waals surface area contributed by atoms with Crippen LogP contribution in [0.15, 0.2) is 12.3 Å². The van der Waals surface area contributed by atoms with Gasteiger partial charge in [-0.15, -0.1) is 10.2 Å². The predicted molar refractivity (Wildman–Crippen MR) is 96.1 cm³/mol. The number of nitrogen functional groups attached to an aromatic ring is 1. The Balaban J connectivity index is 1.48. The zero-order valence-electron chi connectivity index (χ0n) is 14.8. The van der Waals surface area contributed by atoms with E-state index in [1.54, 1.807) is 12.3 Å². The van der Waals surface area contributed by atoms with Gasteiger partial charge in [-0.3, -0.25) is 4.90 Å². The van der Waals surface area contributed by atoms with Crippen molar-refractivity contribution in [2.45, 2.75) is 38.1 Å². The molecule has 0 saturated carbocycles. The maximum atomic E-state index is 5.81. The molecule has 8 nitrogen and oxygen atoms in total. The summed E-state index contributed by atoms with van der Waals surface area (Å²) < 4.78 is 2.19. The number of aromatic nitrogens is 5. The summed E-state index contributed by atoms with van der Waals surface area (Å²) in [6, 6.07) is 1.72. The minimum absolute atomic E-state index is 0.351. The normalized spacial score (nSPS) is 21.8. The number of piperidine rings is 1. The number of hydrogen-bond acceptors (Lipinski definition) is 7. The number of likely N-dealkylation sites (tertiary alicyclic amines) is 1. The molecule has 0 aromatic carbocycles. The van der Waals surface area contributed by atoms with Gasteiger partial charge in [0.05, 0.1) is 6.54 Å². The zero-order chi connectivity index (χ0) is 17.2. The molecule has 0 bridgehead atoms. The number of rotatable bonds is 4. The van der Waals surface area contributed by atoms with Crippen LogP contribution < -0.4 is 10.6 Å². The molecular formula is C17H26N8. The van der Waals surface area contributed by atoms with E-state index < -0.39 is 0 Å². The van der Waals surface area contributed by atoms with Gasteiger partial charge in [0.1, 0.15) is 17.5 Å². The van der Waals surface area contributed by atoms with Crippen molar-refractivity contribution in [3.8, 4) is 0 Å². The van der Waals surface area contributed by atoms with Gasteiger partial charge in [0, 0.05) is 32.3 Å². The van der Waals surface area contributed by atoms with Crippen molar-refractivity contribution in [3.63, 3.8) is 0 Å². The molecule has 1 atom stereocenters. The van der Waals surface area contributed by atoms with Gasteiger partial charge in [0.2, 0.25) is 5.95 Å². The molecule has 2 N–H and O–H groups in total. The van der Waals surface area contributed by atoms with Crippen LogP contribution in [0.1, 0.15) is 43.3 Å². The lowest BCUT2D eigenvalue weighted by Crippen LogP contribution is -2.36. The number of anilines is 2. The Morgan fingerprint density at radius 1 is 1.16 bits per heavy atom. The predicted octanol–water partition coefficient (Wildman–Crippen LogP) is 1.17. The standard InChI is InChI=1S/C17H26N8/c1-23-15(12-24-8-2-3-9-24)21-22-16(23)13-5-4-10-25(11-13)17-19-7-6-14(18)20-17/h6-7,13H,2-5,8-12H2,1H3,(H2,18,19,20)/t13-/m0/s1. The fourth-order valence-corrected chi connectivity index (χ4v) is 3.89. The molecule has 2 aliphatic rings. The average Bonchev–Trinajstić information content (AvgIpc) is 3.26. The first-order chi connectivity index (χ1) is 12.2. The van der Waals surface area contributed by atoms with Crippen LogP contribution in [0.4, 0.5) is 11.8 Å². The summed E-state index contributed by atoms with van der Waals surface area (Å²) in [6.45, 7) is 5.06. The van der Waals surface area contributed by atoms with Gasteiger partial charge in [-0.25, -0.2) is 4.98 Å². The Bertz CT molecular complexity index is 721. The lowest BCUT2D eigenvalue weighted by molar-refractivity contribution is 0.317. The van der Waals surface area contributed by atoms with Crippen LogP contribution in [0, 0.1) is 0 Å². The van der Waals surface area contributed by atoms with Gasteiger partial charge in [0.15, 0.2) is 0 Å². The maximum Gasteiger partial charge on any atom is 0.227 e. The van der Waals surface area contributed by atoms with Gasteiger partial charge in [-0.2, -0.15) is 4.98 Å². The van der Waals surface area contributed by atoms with E-state index in [9.17, 15) is 0 Å². The molecule has 2 aromatic heterocycles. The Labute approximate surface area is 148 Å². The second-order valence-electron chi connectivity index (χ2n) is 7.08. The molecule has 2 aromatic rings. The minimum atomic E-state index is 0.351. The van der Waals surface area contributed by atoms with E-state index in [0.29, 0.717) is 17.7 Å². The number of hydrogen-bond donors (Lipinski definition) is 1. The molecule has 0 amide bonds. The summed E-state index contributed by atoms with van der Waals surface area (Å²) in [4.78, 5) is 13.4. The van der Waals surface area contributed by atoms with Crippen molar-refractivity contribution in [1.82, 2.24) is 29.6 Å². The second-order valence-corrected chi connectivity index (χ2v) is 7.08.